The number of nitrogens with zero attached hydrogens (tertiary/aromatic N) is 1. The van der Waals surface area contributed by atoms with E-state index in [0.717, 1.165) is 0 Å². The summed E-state index contributed by atoms with van der Waals surface area (Å²) in [6, 6.07) is 4.14. The summed E-state index contributed by atoms with van der Waals surface area (Å²) in [6.07, 6.45) is 0.984. The van der Waals surface area contributed by atoms with Gasteiger partial charge in [0.25, 0.3) is 5.69 Å². The van der Waals surface area contributed by atoms with E-state index in [2.05, 4.69) is 0 Å². The van der Waals surface area contributed by atoms with Gasteiger partial charge in [-0.1, -0.05) is 6.07 Å². The van der Waals surface area contributed by atoms with Gasteiger partial charge in [-0.15, -0.1) is 0 Å². The predicted molar refractivity (Wildman–Crippen MR) is 69.8 cm³/mol. The molecule has 0 aromatic heterocycles. The first-order valence-electron chi connectivity index (χ1n) is 6.11. The van der Waals surface area contributed by atoms with Gasteiger partial charge in [0.2, 0.25) is 0 Å². The molecule has 0 bridgehead atoms. The number of aldehydes is 1. The molecule has 0 N–H and O–H groups in total. The Morgan fingerprint density at radius 2 is 2.20 bits per heavy atom. The Labute approximate surface area is 115 Å². The molecule has 0 saturated carbocycles. The number of carbonyl (C=O) groups is 2. The van der Waals surface area contributed by atoms with E-state index >= 15 is 0 Å². The van der Waals surface area contributed by atoms with Crippen molar-refractivity contribution >= 4 is 17.9 Å². The second kappa shape index (κ2) is 7.88. The maximum absolute atomic E-state index is 11.1. The van der Waals surface area contributed by atoms with Crippen molar-refractivity contribution in [3.05, 3.63) is 33.9 Å². The number of carbonyl (C=O) groups excluding carboxylic acids is 2. The minimum absolute atomic E-state index is 0.103. The van der Waals surface area contributed by atoms with Gasteiger partial charge in [0.1, 0.15) is 11.3 Å². The van der Waals surface area contributed by atoms with Crippen molar-refractivity contribution in [3.8, 4) is 5.75 Å². The molecular formula is C13H15NO6. The summed E-state index contributed by atoms with van der Waals surface area (Å²) in [6.45, 7) is 2.20. The van der Waals surface area contributed by atoms with Crippen LogP contribution in [0.5, 0.6) is 5.75 Å². The van der Waals surface area contributed by atoms with Crippen LogP contribution in [-0.4, -0.2) is 30.4 Å². The van der Waals surface area contributed by atoms with Crippen LogP contribution >= 0.6 is 0 Å². The number of hydrogen-bond donors (Lipinski definition) is 0. The van der Waals surface area contributed by atoms with E-state index in [-0.39, 0.29) is 36.0 Å². The van der Waals surface area contributed by atoms with Crippen molar-refractivity contribution in [2.75, 3.05) is 13.2 Å². The van der Waals surface area contributed by atoms with Crippen LogP contribution in [0.25, 0.3) is 0 Å². The first kappa shape index (κ1) is 15.6. The molecule has 0 saturated heterocycles. The summed E-state index contributed by atoms with van der Waals surface area (Å²) in [4.78, 5) is 32.1. The van der Waals surface area contributed by atoms with Crippen LogP contribution in [0, 0.1) is 10.1 Å². The third-order valence-corrected chi connectivity index (χ3v) is 2.45. The van der Waals surface area contributed by atoms with E-state index in [0.29, 0.717) is 19.3 Å². The fraction of sp³-hybridized carbons (Fsp3) is 0.385. The molecule has 0 heterocycles. The molecule has 0 radical (unpaired) electrons. The van der Waals surface area contributed by atoms with Crippen LogP contribution in [-0.2, 0) is 9.53 Å². The van der Waals surface area contributed by atoms with Gasteiger partial charge in [0.15, 0.2) is 6.29 Å². The molecule has 0 aliphatic heterocycles. The first-order valence-corrected chi connectivity index (χ1v) is 6.11. The molecule has 1 aromatic rings. The van der Waals surface area contributed by atoms with Crippen LogP contribution < -0.4 is 4.74 Å². The predicted octanol–water partition coefficient (Wildman–Crippen LogP) is 2.13. The maximum atomic E-state index is 11.1. The Hall–Kier alpha value is -2.44. The second-order valence-corrected chi connectivity index (χ2v) is 3.82. The highest BCUT2D eigenvalue weighted by molar-refractivity contribution is 5.85. The molecule has 0 aliphatic carbocycles. The van der Waals surface area contributed by atoms with E-state index in [9.17, 15) is 19.7 Å². The summed E-state index contributed by atoms with van der Waals surface area (Å²) in [7, 11) is 0. The van der Waals surface area contributed by atoms with Crippen LogP contribution in [0.3, 0.4) is 0 Å². The largest absolute Gasteiger partial charge is 0.493 e. The first-order chi connectivity index (χ1) is 9.60. The van der Waals surface area contributed by atoms with Gasteiger partial charge < -0.3 is 9.47 Å². The molecule has 0 aliphatic rings. The van der Waals surface area contributed by atoms with Crippen molar-refractivity contribution in [1.82, 2.24) is 0 Å². The average molecular weight is 281 g/mol. The topological polar surface area (TPSA) is 95.7 Å². The standard InChI is InChI=1S/C13H15NO6/c1-2-19-13(16)7-4-8-20-12-6-3-5-11(14(17)18)10(12)9-15/h3,5-6,9H,2,4,7-8H2,1H3. The molecule has 108 valence electrons. The lowest BCUT2D eigenvalue weighted by atomic mass is 10.2. The monoisotopic (exact) mass is 281 g/mol. The van der Waals surface area contributed by atoms with E-state index in [4.69, 9.17) is 9.47 Å². The number of rotatable bonds is 8. The van der Waals surface area contributed by atoms with Gasteiger partial charge in [-0.2, -0.15) is 0 Å². The molecule has 20 heavy (non-hydrogen) atoms. The number of benzene rings is 1. The Bertz CT molecular complexity index is 500. The highest BCUT2D eigenvalue weighted by Crippen LogP contribution is 2.26. The van der Waals surface area contributed by atoms with Gasteiger partial charge in [0.05, 0.1) is 18.1 Å². The molecule has 0 amide bonds. The summed E-state index contributed by atoms with van der Waals surface area (Å²) in [5, 5.41) is 10.8. The molecular weight excluding hydrogens is 266 g/mol. The van der Waals surface area contributed by atoms with Gasteiger partial charge in [0, 0.05) is 12.5 Å². The lowest BCUT2D eigenvalue weighted by molar-refractivity contribution is -0.385. The lowest BCUT2D eigenvalue weighted by Gasteiger charge is -2.08. The number of nitro groups is 1. The average Bonchev–Trinajstić information content (AvgIpc) is 2.43. The number of ether oxygens (including phenoxy) is 2. The molecule has 1 rings (SSSR count). The zero-order chi connectivity index (χ0) is 15.0. The van der Waals surface area contributed by atoms with E-state index < -0.39 is 4.92 Å². The zero-order valence-corrected chi connectivity index (χ0v) is 11.0. The summed E-state index contributed by atoms with van der Waals surface area (Å²) < 4.78 is 10.1. The summed E-state index contributed by atoms with van der Waals surface area (Å²) >= 11 is 0. The smallest absolute Gasteiger partial charge is 0.305 e. The van der Waals surface area contributed by atoms with Crippen LogP contribution in [0.2, 0.25) is 0 Å². The SMILES string of the molecule is CCOC(=O)CCCOc1cccc([N+](=O)[O-])c1C=O. The minimum atomic E-state index is -0.644. The van der Waals surface area contributed by atoms with Crippen molar-refractivity contribution in [2.24, 2.45) is 0 Å². The van der Waals surface area contributed by atoms with Crippen molar-refractivity contribution in [1.29, 1.82) is 0 Å². The zero-order valence-electron chi connectivity index (χ0n) is 11.0. The highest BCUT2D eigenvalue weighted by Gasteiger charge is 2.17. The quantitative estimate of drug-likeness (QED) is 0.238. The van der Waals surface area contributed by atoms with Crippen LogP contribution in [0.4, 0.5) is 5.69 Å². The molecule has 1 aromatic carbocycles. The summed E-state index contributed by atoms with van der Waals surface area (Å²) in [5.41, 5.74) is -0.406. The van der Waals surface area contributed by atoms with Crippen LogP contribution in [0.15, 0.2) is 18.2 Å². The van der Waals surface area contributed by atoms with E-state index in [1.807, 2.05) is 0 Å². The third kappa shape index (κ3) is 4.34. The minimum Gasteiger partial charge on any atom is -0.493 e. The molecule has 0 spiro atoms. The van der Waals surface area contributed by atoms with Gasteiger partial charge in [-0.05, 0) is 19.4 Å². The van der Waals surface area contributed by atoms with Crippen LogP contribution in [0.1, 0.15) is 30.1 Å². The van der Waals surface area contributed by atoms with Gasteiger partial charge in [-0.25, -0.2) is 0 Å². The summed E-state index contributed by atoms with van der Waals surface area (Å²) in [5.74, 6) is -0.191. The van der Waals surface area contributed by atoms with Crippen molar-refractivity contribution in [3.63, 3.8) is 0 Å². The Morgan fingerprint density at radius 1 is 1.45 bits per heavy atom. The fourth-order valence-electron chi connectivity index (χ4n) is 1.57. The molecule has 7 nitrogen and oxygen atoms in total. The highest BCUT2D eigenvalue weighted by atomic mass is 16.6. The van der Waals surface area contributed by atoms with Gasteiger partial charge >= 0.3 is 5.97 Å². The lowest BCUT2D eigenvalue weighted by Crippen LogP contribution is -2.07. The Morgan fingerprint density at radius 3 is 2.80 bits per heavy atom. The number of esters is 1. The van der Waals surface area contributed by atoms with Crippen molar-refractivity contribution < 1.29 is 24.0 Å². The fourth-order valence-corrected chi connectivity index (χ4v) is 1.57. The Balaban J connectivity index is 2.60. The number of nitro benzene ring substituents is 1. The number of hydrogen-bond acceptors (Lipinski definition) is 6. The van der Waals surface area contributed by atoms with E-state index in [1.54, 1.807) is 6.92 Å². The molecule has 0 fully saturated rings. The van der Waals surface area contributed by atoms with Gasteiger partial charge in [-0.3, -0.25) is 19.7 Å². The molecule has 7 heteroatoms. The molecule has 0 atom stereocenters. The molecule has 0 unspecified atom stereocenters. The van der Waals surface area contributed by atoms with Crippen molar-refractivity contribution in [2.45, 2.75) is 19.8 Å². The van der Waals surface area contributed by atoms with E-state index in [1.165, 1.54) is 18.2 Å². The second-order valence-electron chi connectivity index (χ2n) is 3.82. The normalized spacial score (nSPS) is 9.85. The Kier molecular flexibility index (Phi) is 6.15. The third-order valence-electron chi connectivity index (χ3n) is 2.45. The maximum Gasteiger partial charge on any atom is 0.305 e.